The van der Waals surface area contributed by atoms with Gasteiger partial charge in [-0.25, -0.2) is 0 Å². The number of benzene rings is 1. The molecule has 0 heterocycles. The van der Waals surface area contributed by atoms with E-state index in [0.29, 0.717) is 0 Å². The topological polar surface area (TPSA) is 26.0 Å². The minimum atomic E-state index is 0. The second kappa shape index (κ2) is 6.38. The van der Waals surface area contributed by atoms with Gasteiger partial charge in [-0.15, -0.1) is 0 Å². The summed E-state index contributed by atoms with van der Waals surface area (Å²) in [6, 6.07) is 10.3. The zero-order valence-electron chi connectivity index (χ0n) is 5.38. The van der Waals surface area contributed by atoms with E-state index in [1.807, 2.05) is 18.2 Å². The van der Waals surface area contributed by atoms with Crippen molar-refractivity contribution < 1.29 is 0 Å². The molecule has 0 amide bonds. The van der Waals surface area contributed by atoms with Gasteiger partial charge in [-0.05, 0) is 18.5 Å². The van der Waals surface area contributed by atoms with Crippen LogP contribution in [0.5, 0.6) is 0 Å². The fourth-order valence-corrected chi connectivity index (χ4v) is 0.811. The predicted octanol–water partition coefficient (Wildman–Crippen LogP) is 0.272. The molecule has 0 spiro atoms. The van der Waals surface area contributed by atoms with Gasteiger partial charge in [-0.1, -0.05) is 30.3 Å². The van der Waals surface area contributed by atoms with Gasteiger partial charge in [-0.2, -0.15) is 0 Å². The van der Waals surface area contributed by atoms with Crippen LogP contribution >= 0.6 is 0 Å². The summed E-state index contributed by atoms with van der Waals surface area (Å²) >= 11 is 0. The number of nitrogens with two attached hydrogens (primary N) is 1. The van der Waals surface area contributed by atoms with Crippen molar-refractivity contribution in [3.8, 4) is 0 Å². The molecule has 0 atom stereocenters. The molecule has 0 radical (unpaired) electrons. The Morgan fingerprint density at radius 3 is 2.20 bits per heavy atom. The average molecular weight is 211 g/mol. The zero-order valence-corrected chi connectivity index (χ0v) is 5.38. The van der Waals surface area contributed by atoms with Crippen LogP contribution in [-0.2, 0) is 6.42 Å². The molecule has 0 aliphatic heterocycles. The van der Waals surface area contributed by atoms with Crippen LogP contribution in [0.3, 0.4) is 0 Å². The van der Waals surface area contributed by atoms with Gasteiger partial charge in [-0.3, -0.25) is 0 Å². The van der Waals surface area contributed by atoms with Crippen molar-refractivity contribution in [2.24, 2.45) is 5.73 Å². The third kappa shape index (κ3) is 3.74. The summed E-state index contributed by atoms with van der Waals surface area (Å²) in [5, 5.41) is 0. The zero-order chi connectivity index (χ0) is 6.53. The SMILES string of the molecule is NCCc1ccccc1.[SrH2]. The van der Waals surface area contributed by atoms with Crippen LogP contribution in [0.25, 0.3) is 0 Å². The van der Waals surface area contributed by atoms with E-state index in [9.17, 15) is 0 Å². The van der Waals surface area contributed by atoms with Crippen LogP contribution in [-0.4, -0.2) is 52.0 Å². The van der Waals surface area contributed by atoms with Gasteiger partial charge in [0, 0.05) is 0 Å². The minimum absolute atomic E-state index is 0. The summed E-state index contributed by atoms with van der Waals surface area (Å²) in [6.07, 6.45) is 0.987. The van der Waals surface area contributed by atoms with Crippen LogP contribution < -0.4 is 5.73 Å². The van der Waals surface area contributed by atoms with Crippen LogP contribution in [0.1, 0.15) is 5.56 Å². The van der Waals surface area contributed by atoms with Crippen molar-refractivity contribution in [2.45, 2.75) is 6.42 Å². The van der Waals surface area contributed by atoms with Crippen molar-refractivity contribution in [1.29, 1.82) is 0 Å². The molecule has 0 saturated carbocycles. The third-order valence-electron chi connectivity index (χ3n) is 1.28. The average Bonchev–Trinajstić information content (AvgIpc) is 1.91. The molecule has 0 aliphatic carbocycles. The summed E-state index contributed by atoms with van der Waals surface area (Å²) in [5.74, 6) is 0. The number of hydrogen-bond acceptors (Lipinski definition) is 1. The van der Waals surface area contributed by atoms with Crippen molar-refractivity contribution in [2.75, 3.05) is 6.54 Å². The standard InChI is InChI=1S/C8H11N.Sr.2H/c9-7-6-8-4-2-1-3-5-8;;;/h1-5H,6-7,9H2;;;. The first-order valence-corrected chi connectivity index (χ1v) is 3.17. The van der Waals surface area contributed by atoms with E-state index >= 15 is 0 Å². The van der Waals surface area contributed by atoms with Gasteiger partial charge in [0.1, 0.15) is 0 Å². The molecule has 2 heteroatoms. The summed E-state index contributed by atoms with van der Waals surface area (Å²) in [5.41, 5.74) is 6.68. The first kappa shape index (κ1) is 10.7. The molecule has 0 fully saturated rings. The van der Waals surface area contributed by atoms with E-state index in [4.69, 9.17) is 5.73 Å². The molecule has 1 aromatic carbocycles. The Hall–Kier alpha value is 0.661. The first-order valence-electron chi connectivity index (χ1n) is 3.17. The normalized spacial score (nSPS) is 8.50. The molecular weight excluding hydrogens is 198 g/mol. The first-order chi connectivity index (χ1) is 4.43. The van der Waals surface area contributed by atoms with Crippen LogP contribution in [0, 0.1) is 0 Å². The molecule has 2 N–H and O–H groups in total. The molecule has 0 saturated heterocycles. The van der Waals surface area contributed by atoms with Gasteiger partial charge >= 0.3 is 45.5 Å². The fraction of sp³-hybridized carbons (Fsp3) is 0.250. The van der Waals surface area contributed by atoms with Crippen molar-refractivity contribution in [3.05, 3.63) is 35.9 Å². The summed E-state index contributed by atoms with van der Waals surface area (Å²) in [4.78, 5) is 0. The van der Waals surface area contributed by atoms with Crippen LogP contribution in [0.4, 0.5) is 0 Å². The molecule has 0 unspecified atom stereocenters. The van der Waals surface area contributed by atoms with Crippen LogP contribution in [0.15, 0.2) is 30.3 Å². The summed E-state index contributed by atoms with van der Waals surface area (Å²) in [6.45, 7) is 0.740. The molecule has 0 aromatic heterocycles. The molecule has 0 bridgehead atoms. The Balaban J connectivity index is 0.000000810. The Bertz CT molecular complexity index is 162. The molecule has 1 rings (SSSR count). The number of hydrogen-bond donors (Lipinski definition) is 1. The van der Waals surface area contributed by atoms with Gasteiger partial charge in [0.2, 0.25) is 0 Å². The maximum absolute atomic E-state index is 5.36. The van der Waals surface area contributed by atoms with E-state index in [2.05, 4.69) is 12.1 Å². The van der Waals surface area contributed by atoms with E-state index in [0.717, 1.165) is 13.0 Å². The quantitative estimate of drug-likeness (QED) is 0.698. The second-order valence-electron chi connectivity index (χ2n) is 2.02. The van der Waals surface area contributed by atoms with E-state index < -0.39 is 0 Å². The maximum atomic E-state index is 5.36. The summed E-state index contributed by atoms with van der Waals surface area (Å²) < 4.78 is 0. The van der Waals surface area contributed by atoms with Crippen LogP contribution in [0.2, 0.25) is 0 Å². The van der Waals surface area contributed by atoms with Crippen molar-refractivity contribution in [3.63, 3.8) is 0 Å². The second-order valence-corrected chi connectivity index (χ2v) is 2.02. The molecule has 52 valence electrons. The van der Waals surface area contributed by atoms with Crippen molar-refractivity contribution in [1.82, 2.24) is 0 Å². The van der Waals surface area contributed by atoms with Gasteiger partial charge < -0.3 is 5.73 Å². The third-order valence-corrected chi connectivity index (χ3v) is 1.28. The fourth-order valence-electron chi connectivity index (χ4n) is 0.811. The van der Waals surface area contributed by atoms with Crippen molar-refractivity contribution >= 4 is 45.5 Å². The Labute approximate surface area is 98.9 Å². The van der Waals surface area contributed by atoms with E-state index in [1.54, 1.807) is 0 Å². The van der Waals surface area contributed by atoms with E-state index in [-0.39, 0.29) is 45.5 Å². The monoisotopic (exact) mass is 211 g/mol. The van der Waals surface area contributed by atoms with Gasteiger partial charge in [0.05, 0.1) is 0 Å². The molecular formula is C8H13NSr. The summed E-state index contributed by atoms with van der Waals surface area (Å²) in [7, 11) is 0. The molecule has 1 nitrogen and oxygen atoms in total. The molecule has 0 aliphatic rings. The Kier molecular flexibility index (Phi) is 6.80. The van der Waals surface area contributed by atoms with Gasteiger partial charge in [0.15, 0.2) is 0 Å². The Morgan fingerprint density at radius 2 is 1.70 bits per heavy atom. The van der Waals surface area contributed by atoms with Gasteiger partial charge in [0.25, 0.3) is 0 Å². The Morgan fingerprint density at radius 1 is 1.10 bits per heavy atom. The predicted molar refractivity (Wildman–Crippen MR) is 47.7 cm³/mol. The molecule has 1 aromatic rings. The molecule has 10 heavy (non-hydrogen) atoms. The van der Waals surface area contributed by atoms with E-state index in [1.165, 1.54) is 5.56 Å². The number of rotatable bonds is 2.